The molecule has 0 aliphatic carbocycles. The van der Waals surface area contributed by atoms with Crippen molar-refractivity contribution < 1.29 is 9.90 Å². The van der Waals surface area contributed by atoms with Crippen molar-refractivity contribution in [1.82, 2.24) is 4.98 Å². The van der Waals surface area contributed by atoms with Crippen LogP contribution in [0.3, 0.4) is 0 Å². The zero-order valence-electron chi connectivity index (χ0n) is 13.6. The van der Waals surface area contributed by atoms with E-state index in [9.17, 15) is 9.90 Å². The zero-order valence-corrected chi connectivity index (χ0v) is 13.6. The summed E-state index contributed by atoms with van der Waals surface area (Å²) >= 11 is 0. The van der Waals surface area contributed by atoms with Gasteiger partial charge in [0.25, 0.3) is 0 Å². The number of nitrogens with one attached hydrogen (secondary N) is 1. The maximum absolute atomic E-state index is 12.1. The number of piperidine rings is 1. The third-order valence-corrected chi connectivity index (χ3v) is 4.18. The molecule has 1 aliphatic rings. The molecule has 0 radical (unpaired) electrons. The molecule has 0 bridgehead atoms. The Morgan fingerprint density at radius 3 is 2.82 bits per heavy atom. The summed E-state index contributed by atoms with van der Waals surface area (Å²) in [5.41, 5.74) is 0.790. The van der Waals surface area contributed by atoms with Crippen LogP contribution in [0.2, 0.25) is 0 Å². The molecule has 1 fully saturated rings. The summed E-state index contributed by atoms with van der Waals surface area (Å²) in [6, 6.07) is 3.76. The smallest absolute Gasteiger partial charge is 0.224 e. The van der Waals surface area contributed by atoms with Gasteiger partial charge in [0, 0.05) is 32.3 Å². The molecule has 5 nitrogen and oxygen atoms in total. The lowest BCUT2D eigenvalue weighted by molar-refractivity contribution is -0.116. The fourth-order valence-corrected chi connectivity index (χ4v) is 2.71. The molecule has 0 atom stereocenters. The van der Waals surface area contributed by atoms with E-state index in [2.05, 4.69) is 29.0 Å². The highest BCUT2D eigenvalue weighted by molar-refractivity contribution is 5.93. The molecule has 0 saturated carbocycles. The third kappa shape index (κ3) is 4.70. The van der Waals surface area contributed by atoms with Crippen molar-refractivity contribution in [2.75, 3.05) is 29.9 Å². The van der Waals surface area contributed by atoms with E-state index in [1.165, 1.54) is 0 Å². The van der Waals surface area contributed by atoms with Crippen molar-refractivity contribution in [3.05, 3.63) is 18.3 Å². The summed E-state index contributed by atoms with van der Waals surface area (Å²) in [4.78, 5) is 18.7. The molecule has 1 aliphatic heterocycles. The van der Waals surface area contributed by atoms with Gasteiger partial charge >= 0.3 is 0 Å². The monoisotopic (exact) mass is 305 g/mol. The summed E-state index contributed by atoms with van der Waals surface area (Å²) in [5.74, 6) is 1.81. The number of hydrogen-bond acceptors (Lipinski definition) is 4. The number of carbonyl (C=O) groups is 1. The van der Waals surface area contributed by atoms with Crippen molar-refractivity contribution in [2.45, 2.75) is 39.5 Å². The number of amides is 1. The molecule has 5 heteroatoms. The van der Waals surface area contributed by atoms with Gasteiger partial charge < -0.3 is 15.3 Å². The number of aliphatic hydroxyl groups is 1. The number of carbonyl (C=O) groups excluding carboxylic acids is 1. The molecule has 0 spiro atoms. The van der Waals surface area contributed by atoms with E-state index < -0.39 is 0 Å². The number of hydrogen-bond donors (Lipinski definition) is 2. The summed E-state index contributed by atoms with van der Waals surface area (Å²) in [5, 5.41) is 12.2. The molecule has 2 N–H and O–H groups in total. The second-order valence-corrected chi connectivity index (χ2v) is 6.47. The molecular formula is C17H27N3O2. The molecule has 0 unspecified atom stereocenters. The lowest BCUT2D eigenvalue weighted by Crippen LogP contribution is -2.35. The van der Waals surface area contributed by atoms with Crippen molar-refractivity contribution in [2.24, 2.45) is 11.8 Å². The van der Waals surface area contributed by atoms with Crippen molar-refractivity contribution in [3.8, 4) is 0 Å². The lowest BCUT2D eigenvalue weighted by atomic mass is 9.98. The molecular weight excluding hydrogens is 278 g/mol. The van der Waals surface area contributed by atoms with Crippen molar-refractivity contribution in [3.63, 3.8) is 0 Å². The summed E-state index contributed by atoms with van der Waals surface area (Å²) in [6.07, 6.45) is 5.13. The first kappa shape index (κ1) is 16.7. The van der Waals surface area contributed by atoms with E-state index in [0.29, 0.717) is 18.3 Å². The van der Waals surface area contributed by atoms with Crippen LogP contribution in [-0.4, -0.2) is 35.7 Å². The zero-order chi connectivity index (χ0) is 15.9. The van der Waals surface area contributed by atoms with E-state index in [0.717, 1.165) is 43.9 Å². The molecule has 1 aromatic rings. The minimum Gasteiger partial charge on any atom is -0.396 e. The second kappa shape index (κ2) is 8.13. The first-order valence-corrected chi connectivity index (χ1v) is 8.20. The molecule has 0 aromatic carbocycles. The predicted molar refractivity (Wildman–Crippen MR) is 89.0 cm³/mol. The van der Waals surface area contributed by atoms with Gasteiger partial charge in [0.1, 0.15) is 0 Å². The SMILES string of the molecule is CC(C)CCC(=O)Nc1cccnc1N1CCC(CO)CC1. The summed E-state index contributed by atoms with van der Waals surface area (Å²) in [7, 11) is 0. The largest absolute Gasteiger partial charge is 0.396 e. The first-order chi connectivity index (χ1) is 10.6. The quantitative estimate of drug-likeness (QED) is 0.848. The molecule has 1 amide bonds. The van der Waals surface area contributed by atoms with Crippen LogP contribution in [0.4, 0.5) is 11.5 Å². The Balaban J connectivity index is 1.99. The van der Waals surface area contributed by atoms with Gasteiger partial charge in [0.05, 0.1) is 5.69 Å². The van der Waals surface area contributed by atoms with Crippen LogP contribution in [0.1, 0.15) is 39.5 Å². The van der Waals surface area contributed by atoms with Crippen LogP contribution in [0.5, 0.6) is 0 Å². The molecule has 2 rings (SSSR count). The van der Waals surface area contributed by atoms with E-state index >= 15 is 0 Å². The fourth-order valence-electron chi connectivity index (χ4n) is 2.71. The molecule has 1 aromatic heterocycles. The van der Waals surface area contributed by atoms with Crippen LogP contribution in [0.15, 0.2) is 18.3 Å². The number of nitrogens with zero attached hydrogens (tertiary/aromatic N) is 2. The van der Waals surface area contributed by atoms with Gasteiger partial charge in [-0.15, -0.1) is 0 Å². The van der Waals surface area contributed by atoms with E-state index in [1.807, 2.05) is 12.1 Å². The Kier molecular flexibility index (Phi) is 6.19. The maximum Gasteiger partial charge on any atom is 0.224 e. The Bertz CT molecular complexity index is 483. The second-order valence-electron chi connectivity index (χ2n) is 6.47. The Morgan fingerprint density at radius 1 is 1.45 bits per heavy atom. The lowest BCUT2D eigenvalue weighted by Gasteiger charge is -2.33. The van der Waals surface area contributed by atoms with Crippen LogP contribution >= 0.6 is 0 Å². The molecule has 2 heterocycles. The summed E-state index contributed by atoms with van der Waals surface area (Å²) in [6.45, 7) is 6.24. The highest BCUT2D eigenvalue weighted by Gasteiger charge is 2.21. The highest BCUT2D eigenvalue weighted by Crippen LogP contribution is 2.27. The normalized spacial score (nSPS) is 16.1. The number of aliphatic hydroxyl groups excluding tert-OH is 1. The third-order valence-electron chi connectivity index (χ3n) is 4.18. The van der Waals surface area contributed by atoms with Gasteiger partial charge in [-0.25, -0.2) is 4.98 Å². The topological polar surface area (TPSA) is 65.5 Å². The maximum atomic E-state index is 12.1. The molecule has 1 saturated heterocycles. The van der Waals surface area contributed by atoms with Gasteiger partial charge in [-0.1, -0.05) is 13.8 Å². The molecule has 122 valence electrons. The van der Waals surface area contributed by atoms with Crippen LogP contribution in [0, 0.1) is 11.8 Å². The van der Waals surface area contributed by atoms with Crippen LogP contribution < -0.4 is 10.2 Å². The standard InChI is InChI=1S/C17H27N3O2/c1-13(2)5-6-16(22)19-15-4-3-9-18-17(15)20-10-7-14(12-21)8-11-20/h3-4,9,13-14,21H,5-8,10-12H2,1-2H3,(H,19,22). The minimum atomic E-state index is 0.0493. The minimum absolute atomic E-state index is 0.0493. The van der Waals surface area contributed by atoms with E-state index in [-0.39, 0.29) is 12.5 Å². The fraction of sp³-hybridized carbons (Fsp3) is 0.647. The van der Waals surface area contributed by atoms with E-state index in [1.54, 1.807) is 6.20 Å². The highest BCUT2D eigenvalue weighted by atomic mass is 16.3. The summed E-state index contributed by atoms with van der Waals surface area (Å²) < 4.78 is 0. The van der Waals surface area contributed by atoms with Gasteiger partial charge in [-0.05, 0) is 43.2 Å². The number of anilines is 2. The average molecular weight is 305 g/mol. The van der Waals surface area contributed by atoms with Crippen molar-refractivity contribution >= 4 is 17.4 Å². The predicted octanol–water partition coefficient (Wildman–Crippen LogP) is 2.67. The van der Waals surface area contributed by atoms with E-state index in [4.69, 9.17) is 0 Å². The number of pyridine rings is 1. The van der Waals surface area contributed by atoms with Gasteiger partial charge in [0.2, 0.25) is 5.91 Å². The average Bonchev–Trinajstić information content (AvgIpc) is 2.53. The molecule has 22 heavy (non-hydrogen) atoms. The van der Waals surface area contributed by atoms with Crippen LogP contribution in [0.25, 0.3) is 0 Å². The first-order valence-electron chi connectivity index (χ1n) is 8.20. The Labute approximate surface area is 132 Å². The number of aromatic nitrogens is 1. The van der Waals surface area contributed by atoms with Crippen molar-refractivity contribution in [1.29, 1.82) is 0 Å². The van der Waals surface area contributed by atoms with Gasteiger partial charge in [0.15, 0.2) is 5.82 Å². The Morgan fingerprint density at radius 2 is 2.18 bits per heavy atom. The Hall–Kier alpha value is -1.62. The van der Waals surface area contributed by atoms with Gasteiger partial charge in [-0.2, -0.15) is 0 Å². The number of rotatable bonds is 6. The van der Waals surface area contributed by atoms with Crippen LogP contribution in [-0.2, 0) is 4.79 Å². The van der Waals surface area contributed by atoms with Gasteiger partial charge in [-0.3, -0.25) is 4.79 Å².